The Morgan fingerprint density at radius 1 is 1.12 bits per heavy atom. The molecular weight excluding hydrogens is 360 g/mol. The smallest absolute Gasteiger partial charge is 0.261 e. The summed E-state index contributed by atoms with van der Waals surface area (Å²) in [7, 11) is -2.25. The molecule has 0 fully saturated rings. The van der Waals surface area contributed by atoms with Gasteiger partial charge in [-0.3, -0.25) is 9.52 Å². The molecule has 2 aromatic rings. The lowest BCUT2D eigenvalue weighted by Crippen LogP contribution is -2.28. The summed E-state index contributed by atoms with van der Waals surface area (Å²) < 4.78 is 32.5. The number of thioether (sulfide) groups is 1. The first-order chi connectivity index (χ1) is 12.0. The quantitative estimate of drug-likeness (QED) is 0.543. The van der Waals surface area contributed by atoms with Crippen LogP contribution in [0.4, 0.5) is 5.69 Å². The number of methoxy groups -OCH3 is 1. The van der Waals surface area contributed by atoms with Crippen LogP contribution in [0.2, 0.25) is 0 Å². The average molecular weight is 380 g/mol. The summed E-state index contributed by atoms with van der Waals surface area (Å²) in [5.74, 6) is -0.368. The predicted molar refractivity (Wildman–Crippen MR) is 99.7 cm³/mol. The molecule has 2 N–H and O–H groups in total. The summed E-state index contributed by atoms with van der Waals surface area (Å²) >= 11 is 1.53. The second-order valence-corrected chi connectivity index (χ2v) is 7.64. The van der Waals surface area contributed by atoms with Crippen molar-refractivity contribution in [2.75, 3.05) is 31.2 Å². The summed E-state index contributed by atoms with van der Waals surface area (Å²) in [6, 6.07) is 13.0. The summed E-state index contributed by atoms with van der Waals surface area (Å²) in [4.78, 5) is 13.4. The van der Waals surface area contributed by atoms with E-state index < -0.39 is 10.0 Å². The molecule has 0 unspecified atom stereocenters. The Labute approximate surface area is 152 Å². The normalized spacial score (nSPS) is 11.1. The van der Waals surface area contributed by atoms with Crippen molar-refractivity contribution in [2.45, 2.75) is 9.79 Å². The highest BCUT2D eigenvalue weighted by Gasteiger charge is 2.18. The van der Waals surface area contributed by atoms with Gasteiger partial charge in [0.2, 0.25) is 0 Å². The number of carbonyl (C=O) groups excluding carboxylic acids is 1. The highest BCUT2D eigenvalue weighted by Crippen LogP contribution is 2.22. The molecule has 0 aliphatic heterocycles. The van der Waals surface area contributed by atoms with Gasteiger partial charge in [0.1, 0.15) is 0 Å². The molecule has 6 nitrogen and oxygen atoms in total. The Morgan fingerprint density at radius 3 is 2.44 bits per heavy atom. The summed E-state index contributed by atoms with van der Waals surface area (Å²) in [6.45, 7) is 0.716. The van der Waals surface area contributed by atoms with Crippen LogP contribution in [-0.2, 0) is 14.8 Å². The van der Waals surface area contributed by atoms with Crippen LogP contribution in [-0.4, -0.2) is 40.8 Å². The van der Waals surface area contributed by atoms with Crippen molar-refractivity contribution in [1.82, 2.24) is 5.32 Å². The maximum atomic E-state index is 12.6. The number of hydrogen-bond donors (Lipinski definition) is 2. The van der Waals surface area contributed by atoms with Crippen LogP contribution in [0, 0.1) is 0 Å². The van der Waals surface area contributed by atoms with Crippen molar-refractivity contribution in [3.63, 3.8) is 0 Å². The number of amides is 1. The largest absolute Gasteiger partial charge is 0.383 e. The number of anilines is 1. The van der Waals surface area contributed by atoms with Crippen LogP contribution in [0.5, 0.6) is 0 Å². The van der Waals surface area contributed by atoms with Gasteiger partial charge in [-0.2, -0.15) is 0 Å². The minimum absolute atomic E-state index is 0.139. The lowest BCUT2D eigenvalue weighted by atomic mass is 10.2. The molecule has 134 valence electrons. The highest BCUT2D eigenvalue weighted by atomic mass is 32.2. The van der Waals surface area contributed by atoms with Crippen LogP contribution in [0.25, 0.3) is 0 Å². The molecule has 0 radical (unpaired) electrons. The van der Waals surface area contributed by atoms with Gasteiger partial charge in [0.05, 0.1) is 22.8 Å². The van der Waals surface area contributed by atoms with Crippen molar-refractivity contribution in [1.29, 1.82) is 0 Å². The van der Waals surface area contributed by atoms with E-state index in [0.717, 1.165) is 4.90 Å². The molecule has 0 atom stereocenters. The third-order valence-corrected chi connectivity index (χ3v) is 5.50. The fourth-order valence-corrected chi connectivity index (χ4v) is 3.58. The Hall–Kier alpha value is -2.03. The topological polar surface area (TPSA) is 84.5 Å². The van der Waals surface area contributed by atoms with Gasteiger partial charge >= 0.3 is 0 Å². The van der Waals surface area contributed by atoms with E-state index >= 15 is 0 Å². The van der Waals surface area contributed by atoms with Crippen molar-refractivity contribution in [2.24, 2.45) is 0 Å². The predicted octanol–water partition coefficient (Wildman–Crippen LogP) is 2.59. The van der Waals surface area contributed by atoms with Gasteiger partial charge in [-0.15, -0.1) is 11.8 Å². The second kappa shape index (κ2) is 8.89. The molecule has 0 bridgehead atoms. The second-order valence-electron chi connectivity index (χ2n) is 5.08. The Bertz CT molecular complexity index is 821. The highest BCUT2D eigenvalue weighted by molar-refractivity contribution is 7.98. The van der Waals surface area contributed by atoms with E-state index in [9.17, 15) is 13.2 Å². The van der Waals surface area contributed by atoms with Crippen LogP contribution < -0.4 is 10.0 Å². The maximum Gasteiger partial charge on any atom is 0.261 e. The molecule has 0 heterocycles. The van der Waals surface area contributed by atoms with Gasteiger partial charge < -0.3 is 10.1 Å². The molecule has 2 rings (SSSR count). The van der Waals surface area contributed by atoms with Crippen LogP contribution in [0.3, 0.4) is 0 Å². The molecule has 8 heteroatoms. The molecule has 2 aromatic carbocycles. The van der Waals surface area contributed by atoms with Gasteiger partial charge in [-0.05, 0) is 42.7 Å². The van der Waals surface area contributed by atoms with E-state index in [2.05, 4.69) is 10.0 Å². The summed E-state index contributed by atoms with van der Waals surface area (Å²) in [5.41, 5.74) is 0.481. The molecular formula is C17H20N2O4S2. The van der Waals surface area contributed by atoms with Crippen molar-refractivity contribution in [3.8, 4) is 0 Å². The number of benzene rings is 2. The first kappa shape index (κ1) is 19.3. The van der Waals surface area contributed by atoms with Gasteiger partial charge in [-0.25, -0.2) is 8.42 Å². The third kappa shape index (κ3) is 5.22. The number of nitrogens with one attached hydrogen (secondary N) is 2. The third-order valence-electron chi connectivity index (χ3n) is 3.38. The fraction of sp³-hybridized carbons (Fsp3) is 0.235. The molecule has 0 spiro atoms. The van der Waals surface area contributed by atoms with Crippen molar-refractivity contribution >= 4 is 33.4 Å². The van der Waals surface area contributed by atoms with E-state index in [4.69, 9.17) is 4.74 Å². The van der Waals surface area contributed by atoms with Gasteiger partial charge in [-0.1, -0.05) is 12.1 Å². The standard InChI is InChI=1S/C17H20N2O4S2/c1-23-12-11-18-17(20)15-5-3-4-6-16(15)19-25(21,22)14-9-7-13(24-2)8-10-14/h3-10,19H,11-12H2,1-2H3,(H,18,20). The number of sulfonamides is 1. The maximum absolute atomic E-state index is 12.6. The zero-order valence-corrected chi connectivity index (χ0v) is 15.6. The minimum atomic E-state index is -3.78. The molecule has 1 amide bonds. The Kier molecular flexibility index (Phi) is 6.86. The van der Waals surface area contributed by atoms with Crippen LogP contribution in [0.15, 0.2) is 58.3 Å². The molecule has 0 saturated carbocycles. The van der Waals surface area contributed by atoms with Gasteiger partial charge in [0.25, 0.3) is 15.9 Å². The Balaban J connectivity index is 2.22. The SMILES string of the molecule is COCCNC(=O)c1ccccc1NS(=O)(=O)c1ccc(SC)cc1. The monoisotopic (exact) mass is 380 g/mol. The number of para-hydroxylation sites is 1. The minimum Gasteiger partial charge on any atom is -0.383 e. The number of rotatable bonds is 8. The van der Waals surface area contributed by atoms with Crippen LogP contribution in [0.1, 0.15) is 10.4 Å². The van der Waals surface area contributed by atoms with Gasteiger partial charge in [0.15, 0.2) is 0 Å². The summed E-state index contributed by atoms with van der Waals surface area (Å²) in [5, 5.41) is 2.68. The first-order valence-corrected chi connectivity index (χ1v) is 10.2. The van der Waals surface area contributed by atoms with E-state index in [1.165, 1.54) is 31.0 Å². The molecule has 0 aromatic heterocycles. The van der Waals surface area contributed by atoms with E-state index in [0.29, 0.717) is 13.2 Å². The first-order valence-electron chi connectivity index (χ1n) is 7.51. The van der Waals surface area contributed by atoms with Crippen molar-refractivity contribution < 1.29 is 17.9 Å². The van der Waals surface area contributed by atoms with E-state index in [1.54, 1.807) is 36.4 Å². The number of hydrogen-bond acceptors (Lipinski definition) is 5. The van der Waals surface area contributed by atoms with E-state index in [-0.39, 0.29) is 22.1 Å². The lowest BCUT2D eigenvalue weighted by Gasteiger charge is -2.13. The van der Waals surface area contributed by atoms with Gasteiger partial charge in [0, 0.05) is 18.6 Å². The van der Waals surface area contributed by atoms with Crippen LogP contribution >= 0.6 is 11.8 Å². The average Bonchev–Trinajstić information content (AvgIpc) is 2.62. The number of carbonyl (C=O) groups is 1. The summed E-state index contributed by atoms with van der Waals surface area (Å²) in [6.07, 6.45) is 1.92. The zero-order chi connectivity index (χ0) is 18.3. The molecule has 0 aliphatic rings. The number of ether oxygens (including phenoxy) is 1. The van der Waals surface area contributed by atoms with E-state index in [1.807, 2.05) is 6.26 Å². The zero-order valence-electron chi connectivity index (χ0n) is 14.0. The lowest BCUT2D eigenvalue weighted by molar-refractivity contribution is 0.0938. The molecule has 25 heavy (non-hydrogen) atoms. The fourth-order valence-electron chi connectivity index (χ4n) is 2.09. The molecule has 0 saturated heterocycles. The Morgan fingerprint density at radius 2 is 1.80 bits per heavy atom. The molecule has 0 aliphatic carbocycles. The van der Waals surface area contributed by atoms with Crippen molar-refractivity contribution in [3.05, 3.63) is 54.1 Å².